The highest BCUT2D eigenvalue weighted by molar-refractivity contribution is 7.85. The van der Waals surface area contributed by atoms with Crippen LogP contribution in [0.25, 0.3) is 0 Å². The normalized spacial score (nSPS) is 18.6. The molecule has 134 valence electrons. The highest BCUT2D eigenvalue weighted by Crippen LogP contribution is 2.21. The van der Waals surface area contributed by atoms with Crippen molar-refractivity contribution in [1.82, 2.24) is 4.90 Å². The van der Waals surface area contributed by atoms with Crippen LogP contribution in [0.2, 0.25) is 0 Å². The molecular formula is C17H25NO5S. The summed E-state index contributed by atoms with van der Waals surface area (Å²) in [6, 6.07) is 8.92. The molecule has 0 aromatic heterocycles. The summed E-state index contributed by atoms with van der Waals surface area (Å²) in [5, 5.41) is 0. The van der Waals surface area contributed by atoms with Crippen LogP contribution < -0.4 is 0 Å². The Bertz CT molecular complexity index is 651. The quantitative estimate of drug-likeness (QED) is 0.760. The number of hydrogen-bond donors (Lipinski definition) is 0. The van der Waals surface area contributed by atoms with Crippen molar-refractivity contribution in [3.05, 3.63) is 35.9 Å². The van der Waals surface area contributed by atoms with Crippen molar-refractivity contribution in [2.24, 2.45) is 5.92 Å². The van der Waals surface area contributed by atoms with E-state index in [2.05, 4.69) is 0 Å². The Morgan fingerprint density at radius 1 is 1.25 bits per heavy atom. The number of carbonyl (C=O) groups is 1. The minimum atomic E-state index is -3.62. The number of ether oxygens (including phenoxy) is 1. The van der Waals surface area contributed by atoms with Crippen molar-refractivity contribution in [2.45, 2.75) is 38.5 Å². The van der Waals surface area contributed by atoms with E-state index in [0.717, 1.165) is 0 Å². The van der Waals surface area contributed by atoms with Gasteiger partial charge in [-0.25, -0.2) is 4.79 Å². The first-order chi connectivity index (χ1) is 11.1. The van der Waals surface area contributed by atoms with Crippen LogP contribution in [0.15, 0.2) is 30.3 Å². The van der Waals surface area contributed by atoms with E-state index in [-0.39, 0.29) is 24.4 Å². The van der Waals surface area contributed by atoms with E-state index in [1.54, 1.807) is 29.2 Å². The average Bonchev–Trinajstić information content (AvgIpc) is 2.93. The third-order valence-electron chi connectivity index (χ3n) is 3.61. The molecule has 1 atom stereocenters. The van der Waals surface area contributed by atoms with Gasteiger partial charge in [-0.1, -0.05) is 30.3 Å². The summed E-state index contributed by atoms with van der Waals surface area (Å²) < 4.78 is 34.5. The van der Waals surface area contributed by atoms with Crippen LogP contribution in [0.3, 0.4) is 0 Å². The zero-order valence-electron chi connectivity index (χ0n) is 14.4. The second kappa shape index (κ2) is 7.53. The van der Waals surface area contributed by atoms with Crippen LogP contribution in [0, 0.1) is 5.92 Å². The van der Waals surface area contributed by atoms with Crippen LogP contribution >= 0.6 is 0 Å². The minimum Gasteiger partial charge on any atom is -0.444 e. The molecule has 0 aliphatic carbocycles. The molecule has 1 aliphatic heterocycles. The van der Waals surface area contributed by atoms with Gasteiger partial charge in [0.05, 0.1) is 6.61 Å². The number of likely N-dealkylation sites (tertiary alicyclic amines) is 1. The molecule has 24 heavy (non-hydrogen) atoms. The maximum absolute atomic E-state index is 12.0. The second-order valence-electron chi connectivity index (χ2n) is 7.05. The summed E-state index contributed by atoms with van der Waals surface area (Å²) in [5.74, 6) is -0.140. The molecule has 1 amide bonds. The van der Waals surface area contributed by atoms with Crippen molar-refractivity contribution < 1.29 is 22.1 Å². The Morgan fingerprint density at radius 2 is 1.92 bits per heavy atom. The van der Waals surface area contributed by atoms with Crippen LogP contribution in [0.1, 0.15) is 32.8 Å². The fourth-order valence-electron chi connectivity index (χ4n) is 2.48. The number of hydrogen-bond acceptors (Lipinski definition) is 5. The van der Waals surface area contributed by atoms with E-state index < -0.39 is 15.7 Å². The van der Waals surface area contributed by atoms with E-state index in [1.807, 2.05) is 26.8 Å². The molecule has 1 saturated heterocycles. The summed E-state index contributed by atoms with van der Waals surface area (Å²) in [6.07, 6.45) is 0.345. The van der Waals surface area contributed by atoms with E-state index >= 15 is 0 Å². The van der Waals surface area contributed by atoms with Crippen molar-refractivity contribution in [1.29, 1.82) is 0 Å². The predicted molar refractivity (Wildman–Crippen MR) is 90.9 cm³/mol. The molecule has 0 unspecified atom stereocenters. The Kier molecular flexibility index (Phi) is 5.87. The predicted octanol–water partition coefficient (Wildman–Crippen LogP) is 2.79. The molecule has 0 radical (unpaired) electrons. The Labute approximate surface area is 143 Å². The highest BCUT2D eigenvalue weighted by Gasteiger charge is 2.30. The summed E-state index contributed by atoms with van der Waals surface area (Å²) in [6.45, 7) is 6.55. The van der Waals surface area contributed by atoms with Gasteiger partial charge in [0.1, 0.15) is 11.4 Å². The van der Waals surface area contributed by atoms with Gasteiger partial charge in [0.25, 0.3) is 10.1 Å². The zero-order chi connectivity index (χ0) is 17.8. The number of amides is 1. The third kappa shape index (κ3) is 6.13. The maximum atomic E-state index is 12.0. The zero-order valence-corrected chi connectivity index (χ0v) is 15.2. The SMILES string of the molecule is CC(C)(C)OC(=O)N1CC[C@H](COS(=O)(=O)Cc2ccccc2)C1. The monoisotopic (exact) mass is 355 g/mol. The first-order valence-electron chi connectivity index (χ1n) is 8.03. The van der Waals surface area contributed by atoms with Crippen LogP contribution in [-0.4, -0.2) is 44.7 Å². The molecule has 1 aliphatic rings. The molecule has 2 rings (SSSR count). The Hall–Kier alpha value is -1.60. The van der Waals surface area contributed by atoms with Crippen molar-refractivity contribution in [3.8, 4) is 0 Å². The fraction of sp³-hybridized carbons (Fsp3) is 0.588. The second-order valence-corrected chi connectivity index (χ2v) is 8.69. The number of nitrogens with zero attached hydrogens (tertiary/aromatic N) is 1. The third-order valence-corrected chi connectivity index (χ3v) is 4.79. The van der Waals surface area contributed by atoms with Gasteiger partial charge in [0.15, 0.2) is 0 Å². The molecule has 0 bridgehead atoms. The molecule has 1 aromatic rings. The molecule has 1 aromatic carbocycles. The van der Waals surface area contributed by atoms with Crippen molar-refractivity contribution in [3.63, 3.8) is 0 Å². The lowest BCUT2D eigenvalue weighted by Gasteiger charge is -2.24. The largest absolute Gasteiger partial charge is 0.444 e. The average molecular weight is 355 g/mol. The molecule has 0 spiro atoms. The maximum Gasteiger partial charge on any atom is 0.410 e. The van der Waals surface area contributed by atoms with Crippen LogP contribution in [0.5, 0.6) is 0 Å². The lowest BCUT2D eigenvalue weighted by atomic mass is 10.1. The van der Waals surface area contributed by atoms with Gasteiger partial charge in [-0.05, 0) is 32.8 Å². The van der Waals surface area contributed by atoms with Gasteiger partial charge in [-0.15, -0.1) is 0 Å². The van der Waals surface area contributed by atoms with E-state index in [1.165, 1.54) is 0 Å². The van der Waals surface area contributed by atoms with Gasteiger partial charge >= 0.3 is 6.09 Å². The number of carbonyl (C=O) groups excluding carboxylic acids is 1. The molecular weight excluding hydrogens is 330 g/mol. The van der Waals surface area contributed by atoms with E-state index in [9.17, 15) is 13.2 Å². The summed E-state index contributed by atoms with van der Waals surface area (Å²) >= 11 is 0. The van der Waals surface area contributed by atoms with Gasteiger partial charge in [0.2, 0.25) is 0 Å². The summed E-state index contributed by atoms with van der Waals surface area (Å²) in [5.41, 5.74) is 0.157. The van der Waals surface area contributed by atoms with Crippen molar-refractivity contribution >= 4 is 16.2 Å². The Balaban J connectivity index is 1.80. The molecule has 6 nitrogen and oxygen atoms in total. The highest BCUT2D eigenvalue weighted by atomic mass is 32.2. The number of benzene rings is 1. The van der Waals surface area contributed by atoms with Crippen LogP contribution in [0.4, 0.5) is 4.79 Å². The standard InChI is InChI=1S/C17H25NO5S/c1-17(2,3)23-16(19)18-10-9-15(11-18)12-22-24(20,21)13-14-7-5-4-6-8-14/h4-8,15H,9-13H2,1-3H3/t15-/m0/s1. The summed E-state index contributed by atoms with van der Waals surface area (Å²) in [4.78, 5) is 13.6. The van der Waals surface area contributed by atoms with E-state index in [0.29, 0.717) is 25.1 Å². The number of rotatable bonds is 5. The van der Waals surface area contributed by atoms with Gasteiger partial charge in [-0.3, -0.25) is 4.18 Å². The topological polar surface area (TPSA) is 72.9 Å². The first-order valence-corrected chi connectivity index (χ1v) is 9.61. The lowest BCUT2D eigenvalue weighted by Crippen LogP contribution is -2.35. The smallest absolute Gasteiger partial charge is 0.410 e. The van der Waals surface area contributed by atoms with Crippen LogP contribution in [-0.2, 0) is 24.8 Å². The molecule has 0 N–H and O–H groups in total. The summed E-state index contributed by atoms with van der Waals surface area (Å²) in [7, 11) is -3.62. The molecule has 1 fully saturated rings. The van der Waals surface area contributed by atoms with Gasteiger partial charge in [-0.2, -0.15) is 8.42 Å². The first kappa shape index (κ1) is 18.7. The molecule has 1 heterocycles. The molecule has 7 heteroatoms. The van der Waals surface area contributed by atoms with Gasteiger partial charge < -0.3 is 9.64 Å². The lowest BCUT2D eigenvalue weighted by molar-refractivity contribution is 0.0285. The van der Waals surface area contributed by atoms with Crippen molar-refractivity contribution in [2.75, 3.05) is 19.7 Å². The van der Waals surface area contributed by atoms with Gasteiger partial charge in [0, 0.05) is 19.0 Å². The molecule has 0 saturated carbocycles. The Morgan fingerprint density at radius 3 is 2.54 bits per heavy atom. The van der Waals surface area contributed by atoms with E-state index in [4.69, 9.17) is 8.92 Å². The minimum absolute atomic E-state index is 0.00284. The fourth-order valence-corrected chi connectivity index (χ4v) is 3.56.